The number of methoxy groups -OCH3 is 1. The van der Waals surface area contributed by atoms with Gasteiger partial charge in [0.05, 0.1) is 13.2 Å². The SMILES string of the molecule is COc1ccc([C@H]2c3[nH]c4ccccc4c3CCN2Cc2ccccc2F)cc1. The molecule has 0 amide bonds. The number of hydrogen-bond acceptors (Lipinski definition) is 2. The summed E-state index contributed by atoms with van der Waals surface area (Å²) in [5.41, 5.74) is 5.63. The largest absolute Gasteiger partial charge is 0.497 e. The minimum atomic E-state index is -0.150. The second-order valence-electron chi connectivity index (χ2n) is 7.55. The van der Waals surface area contributed by atoms with E-state index in [1.165, 1.54) is 28.3 Å². The van der Waals surface area contributed by atoms with Gasteiger partial charge in [-0.05, 0) is 41.8 Å². The van der Waals surface area contributed by atoms with Gasteiger partial charge in [0.2, 0.25) is 0 Å². The Balaban J connectivity index is 1.61. The van der Waals surface area contributed by atoms with E-state index in [1.807, 2.05) is 24.3 Å². The molecule has 0 fully saturated rings. The summed E-state index contributed by atoms with van der Waals surface area (Å²) in [6, 6.07) is 23.8. The van der Waals surface area contributed by atoms with Crippen LogP contribution in [0.3, 0.4) is 0 Å². The number of halogens is 1. The van der Waals surface area contributed by atoms with Crippen molar-refractivity contribution in [2.45, 2.75) is 19.0 Å². The number of H-pyrrole nitrogens is 1. The van der Waals surface area contributed by atoms with Crippen molar-refractivity contribution in [1.82, 2.24) is 9.88 Å². The first kappa shape index (κ1) is 18.0. The van der Waals surface area contributed by atoms with E-state index in [9.17, 15) is 4.39 Å². The van der Waals surface area contributed by atoms with Crippen LogP contribution < -0.4 is 4.74 Å². The Kier molecular flexibility index (Phi) is 4.57. The Morgan fingerprint density at radius 2 is 1.76 bits per heavy atom. The first-order valence-corrected chi connectivity index (χ1v) is 9.95. The van der Waals surface area contributed by atoms with Crippen molar-refractivity contribution in [3.05, 3.63) is 101 Å². The topological polar surface area (TPSA) is 28.3 Å². The lowest BCUT2D eigenvalue weighted by molar-refractivity contribution is 0.199. The standard InChI is InChI=1S/C25H23FN2O/c1-29-19-12-10-17(11-13-19)25-24-21(20-7-3-5-9-23(20)27-24)14-15-28(25)16-18-6-2-4-8-22(18)26/h2-13,25,27H,14-16H2,1H3/t25-/m0/s1. The highest BCUT2D eigenvalue weighted by atomic mass is 19.1. The van der Waals surface area contributed by atoms with Gasteiger partial charge in [0.25, 0.3) is 0 Å². The zero-order chi connectivity index (χ0) is 19.8. The predicted octanol–water partition coefficient (Wildman–Crippen LogP) is 5.46. The van der Waals surface area contributed by atoms with Crippen LogP contribution >= 0.6 is 0 Å². The monoisotopic (exact) mass is 386 g/mol. The van der Waals surface area contributed by atoms with E-state index in [-0.39, 0.29) is 11.9 Å². The molecule has 3 nitrogen and oxygen atoms in total. The normalized spacial score (nSPS) is 16.7. The fraction of sp³-hybridized carbons (Fsp3) is 0.200. The molecule has 0 spiro atoms. The number of benzene rings is 3. The van der Waals surface area contributed by atoms with E-state index >= 15 is 0 Å². The van der Waals surface area contributed by atoms with E-state index in [0.717, 1.165) is 29.8 Å². The molecule has 0 saturated carbocycles. The van der Waals surface area contributed by atoms with Crippen molar-refractivity contribution in [2.75, 3.05) is 13.7 Å². The summed E-state index contributed by atoms with van der Waals surface area (Å²) in [7, 11) is 1.68. The molecule has 1 aromatic heterocycles. The average molecular weight is 386 g/mol. The maximum absolute atomic E-state index is 14.4. The Labute approximate surface area is 169 Å². The van der Waals surface area contributed by atoms with Gasteiger partial charge in [-0.2, -0.15) is 0 Å². The molecule has 1 aliphatic heterocycles. The fourth-order valence-corrected chi connectivity index (χ4v) is 4.47. The van der Waals surface area contributed by atoms with Crippen molar-refractivity contribution in [3.63, 3.8) is 0 Å². The van der Waals surface area contributed by atoms with Gasteiger partial charge in [-0.3, -0.25) is 4.90 Å². The second-order valence-corrected chi connectivity index (χ2v) is 7.55. The third kappa shape index (κ3) is 3.19. The maximum atomic E-state index is 14.4. The summed E-state index contributed by atoms with van der Waals surface area (Å²) in [6.45, 7) is 1.44. The van der Waals surface area contributed by atoms with Gasteiger partial charge in [-0.15, -0.1) is 0 Å². The van der Waals surface area contributed by atoms with Gasteiger partial charge >= 0.3 is 0 Å². The lowest BCUT2D eigenvalue weighted by Gasteiger charge is -2.36. The predicted molar refractivity (Wildman–Crippen MR) is 114 cm³/mol. The van der Waals surface area contributed by atoms with Gasteiger partial charge in [-0.1, -0.05) is 48.5 Å². The zero-order valence-corrected chi connectivity index (χ0v) is 16.4. The highest BCUT2D eigenvalue weighted by Crippen LogP contribution is 2.39. The van der Waals surface area contributed by atoms with Gasteiger partial charge in [0.1, 0.15) is 11.6 Å². The Bertz CT molecular complexity index is 1150. The van der Waals surface area contributed by atoms with Crippen molar-refractivity contribution in [2.24, 2.45) is 0 Å². The maximum Gasteiger partial charge on any atom is 0.127 e. The van der Waals surface area contributed by atoms with Crippen molar-refractivity contribution >= 4 is 10.9 Å². The molecule has 146 valence electrons. The number of aromatic nitrogens is 1. The molecule has 0 bridgehead atoms. The van der Waals surface area contributed by atoms with E-state index in [1.54, 1.807) is 13.2 Å². The molecule has 0 radical (unpaired) electrons. The summed E-state index contributed by atoms with van der Waals surface area (Å²) in [6.07, 6.45) is 0.945. The average Bonchev–Trinajstić information content (AvgIpc) is 3.14. The molecule has 5 rings (SSSR count). The molecule has 2 heterocycles. The molecule has 1 atom stereocenters. The molecular weight excluding hydrogens is 363 g/mol. The third-order valence-corrected chi connectivity index (χ3v) is 5.90. The van der Waals surface area contributed by atoms with E-state index in [0.29, 0.717) is 6.54 Å². The second kappa shape index (κ2) is 7.37. The highest BCUT2D eigenvalue weighted by Gasteiger charge is 2.32. The van der Waals surface area contributed by atoms with Crippen LogP contribution in [0.4, 0.5) is 4.39 Å². The molecule has 0 unspecified atom stereocenters. The number of para-hydroxylation sites is 1. The minimum absolute atomic E-state index is 0.0386. The van der Waals surface area contributed by atoms with Gasteiger partial charge in [0, 0.05) is 35.2 Å². The van der Waals surface area contributed by atoms with Gasteiger partial charge in [-0.25, -0.2) is 4.39 Å². The summed E-state index contributed by atoms with van der Waals surface area (Å²) in [5.74, 6) is 0.686. The molecule has 4 aromatic rings. The number of nitrogens with zero attached hydrogens (tertiary/aromatic N) is 1. The molecule has 29 heavy (non-hydrogen) atoms. The fourth-order valence-electron chi connectivity index (χ4n) is 4.47. The number of aromatic amines is 1. The summed E-state index contributed by atoms with van der Waals surface area (Å²) < 4.78 is 19.7. The van der Waals surface area contributed by atoms with Crippen LogP contribution in [0, 0.1) is 5.82 Å². The molecule has 1 N–H and O–H groups in total. The Morgan fingerprint density at radius 3 is 2.55 bits per heavy atom. The van der Waals surface area contributed by atoms with Crippen LogP contribution in [0.5, 0.6) is 5.75 Å². The zero-order valence-electron chi connectivity index (χ0n) is 16.4. The van der Waals surface area contributed by atoms with Crippen LogP contribution in [-0.4, -0.2) is 23.5 Å². The van der Waals surface area contributed by atoms with Gasteiger partial charge < -0.3 is 9.72 Å². The molecular formula is C25H23FN2O. The van der Waals surface area contributed by atoms with E-state index in [2.05, 4.69) is 46.3 Å². The quantitative estimate of drug-likeness (QED) is 0.504. The summed E-state index contributed by atoms with van der Waals surface area (Å²) >= 11 is 0. The van der Waals surface area contributed by atoms with Gasteiger partial charge in [0.15, 0.2) is 0 Å². The van der Waals surface area contributed by atoms with E-state index < -0.39 is 0 Å². The van der Waals surface area contributed by atoms with Crippen molar-refractivity contribution in [1.29, 1.82) is 0 Å². The minimum Gasteiger partial charge on any atom is -0.497 e. The lowest BCUT2D eigenvalue weighted by Crippen LogP contribution is -2.35. The highest BCUT2D eigenvalue weighted by molar-refractivity contribution is 5.85. The smallest absolute Gasteiger partial charge is 0.127 e. The molecule has 0 aliphatic carbocycles. The van der Waals surface area contributed by atoms with Crippen LogP contribution in [0.1, 0.15) is 28.4 Å². The molecule has 3 aromatic carbocycles. The summed E-state index contributed by atoms with van der Waals surface area (Å²) in [4.78, 5) is 6.02. The molecule has 1 aliphatic rings. The molecule has 0 saturated heterocycles. The number of fused-ring (bicyclic) bond motifs is 3. The number of nitrogens with one attached hydrogen (secondary N) is 1. The van der Waals surface area contributed by atoms with Crippen LogP contribution in [0.15, 0.2) is 72.8 Å². The van der Waals surface area contributed by atoms with Crippen molar-refractivity contribution in [3.8, 4) is 5.75 Å². The lowest BCUT2D eigenvalue weighted by atomic mass is 9.92. The van der Waals surface area contributed by atoms with Crippen LogP contribution in [0.25, 0.3) is 10.9 Å². The number of hydrogen-bond donors (Lipinski definition) is 1. The number of ether oxygens (including phenoxy) is 1. The van der Waals surface area contributed by atoms with Crippen LogP contribution in [0.2, 0.25) is 0 Å². The summed E-state index contributed by atoms with van der Waals surface area (Å²) in [5, 5.41) is 1.28. The van der Waals surface area contributed by atoms with Crippen LogP contribution in [-0.2, 0) is 13.0 Å². The number of rotatable bonds is 4. The Morgan fingerprint density at radius 1 is 1.00 bits per heavy atom. The van der Waals surface area contributed by atoms with E-state index in [4.69, 9.17) is 4.74 Å². The first-order valence-electron chi connectivity index (χ1n) is 9.95. The Hall–Kier alpha value is -3.11. The van der Waals surface area contributed by atoms with Crippen molar-refractivity contribution < 1.29 is 9.13 Å². The molecule has 4 heteroatoms. The first-order chi connectivity index (χ1) is 14.2. The third-order valence-electron chi connectivity index (χ3n) is 5.90.